The molecule has 0 saturated carbocycles. The van der Waals surface area contributed by atoms with Crippen LogP contribution in [0.15, 0.2) is 0 Å². The molecule has 0 aromatic rings. The van der Waals surface area contributed by atoms with E-state index in [0.717, 1.165) is 26.1 Å². The highest BCUT2D eigenvalue weighted by molar-refractivity contribution is 5.77. The largest absolute Gasteiger partial charge is 0.405 e. The molecule has 1 fully saturated rings. The maximum Gasteiger partial charge on any atom is 0.405 e. The predicted molar refractivity (Wildman–Crippen MR) is 55.5 cm³/mol. The van der Waals surface area contributed by atoms with E-state index in [0.29, 0.717) is 12.5 Å². The molecule has 4 nitrogen and oxygen atoms in total. The first-order chi connectivity index (χ1) is 7.97. The van der Waals surface area contributed by atoms with Gasteiger partial charge in [-0.1, -0.05) is 0 Å². The number of amides is 1. The molecule has 0 radical (unpaired) electrons. The van der Waals surface area contributed by atoms with Crippen LogP contribution in [0.3, 0.4) is 0 Å². The molecule has 0 aromatic carbocycles. The quantitative estimate of drug-likeness (QED) is 0.685. The fraction of sp³-hybridized carbons (Fsp3) is 0.900. The SMILES string of the molecule is O=C(CNCCC1CCOC1)NCC(F)(F)F. The zero-order valence-corrected chi connectivity index (χ0v) is 9.48. The van der Waals surface area contributed by atoms with Gasteiger partial charge in [-0.3, -0.25) is 4.79 Å². The minimum Gasteiger partial charge on any atom is -0.381 e. The second-order valence-corrected chi connectivity index (χ2v) is 4.09. The van der Waals surface area contributed by atoms with Crippen molar-refractivity contribution >= 4 is 5.91 Å². The van der Waals surface area contributed by atoms with Crippen molar-refractivity contribution in [3.8, 4) is 0 Å². The number of alkyl halides is 3. The van der Waals surface area contributed by atoms with Gasteiger partial charge >= 0.3 is 6.18 Å². The van der Waals surface area contributed by atoms with Gasteiger partial charge in [-0.15, -0.1) is 0 Å². The van der Waals surface area contributed by atoms with E-state index in [-0.39, 0.29) is 6.54 Å². The number of ether oxygens (including phenoxy) is 1. The highest BCUT2D eigenvalue weighted by Crippen LogP contribution is 2.15. The fourth-order valence-electron chi connectivity index (χ4n) is 1.58. The molecule has 1 heterocycles. The Morgan fingerprint density at radius 2 is 2.18 bits per heavy atom. The summed E-state index contributed by atoms with van der Waals surface area (Å²) in [5, 5.41) is 4.61. The number of rotatable bonds is 6. The third-order valence-electron chi connectivity index (χ3n) is 2.52. The van der Waals surface area contributed by atoms with Gasteiger partial charge in [0, 0.05) is 13.2 Å². The van der Waals surface area contributed by atoms with Crippen LogP contribution in [0.5, 0.6) is 0 Å². The summed E-state index contributed by atoms with van der Waals surface area (Å²) in [7, 11) is 0. The van der Waals surface area contributed by atoms with Crippen LogP contribution in [0.4, 0.5) is 13.2 Å². The average molecular weight is 254 g/mol. The zero-order chi connectivity index (χ0) is 12.7. The summed E-state index contributed by atoms with van der Waals surface area (Å²) in [6.07, 6.45) is -2.45. The summed E-state index contributed by atoms with van der Waals surface area (Å²) in [5.41, 5.74) is 0. The smallest absolute Gasteiger partial charge is 0.381 e. The molecule has 0 aliphatic carbocycles. The topological polar surface area (TPSA) is 50.4 Å². The van der Waals surface area contributed by atoms with Crippen LogP contribution in [0.25, 0.3) is 0 Å². The van der Waals surface area contributed by atoms with Gasteiger partial charge in [0.1, 0.15) is 6.54 Å². The Bertz CT molecular complexity index is 240. The van der Waals surface area contributed by atoms with Crippen molar-refractivity contribution in [1.29, 1.82) is 0 Å². The van der Waals surface area contributed by atoms with Gasteiger partial charge < -0.3 is 15.4 Å². The van der Waals surface area contributed by atoms with E-state index >= 15 is 0 Å². The van der Waals surface area contributed by atoms with E-state index in [1.807, 2.05) is 0 Å². The molecule has 0 spiro atoms. The van der Waals surface area contributed by atoms with Crippen molar-refractivity contribution in [1.82, 2.24) is 10.6 Å². The second kappa shape index (κ2) is 6.80. The summed E-state index contributed by atoms with van der Waals surface area (Å²) in [5.74, 6) is -0.134. The second-order valence-electron chi connectivity index (χ2n) is 4.09. The van der Waals surface area contributed by atoms with Gasteiger partial charge in [0.05, 0.1) is 6.54 Å². The number of carbonyl (C=O) groups is 1. The van der Waals surface area contributed by atoms with Crippen molar-refractivity contribution in [3.63, 3.8) is 0 Å². The normalized spacial score (nSPS) is 20.5. The standard InChI is InChI=1S/C10H17F3N2O2/c11-10(12,13)7-15-9(16)5-14-3-1-8-2-4-17-6-8/h8,14H,1-7H2,(H,15,16). The Morgan fingerprint density at radius 1 is 1.41 bits per heavy atom. The van der Waals surface area contributed by atoms with Gasteiger partial charge in [0.2, 0.25) is 5.91 Å². The van der Waals surface area contributed by atoms with Crippen molar-refractivity contribution in [2.24, 2.45) is 5.92 Å². The maximum absolute atomic E-state index is 11.8. The lowest BCUT2D eigenvalue weighted by molar-refractivity contribution is -0.137. The first-order valence-electron chi connectivity index (χ1n) is 5.59. The lowest BCUT2D eigenvalue weighted by atomic mass is 10.1. The molecular weight excluding hydrogens is 237 g/mol. The summed E-state index contributed by atoms with van der Waals surface area (Å²) < 4.78 is 40.5. The van der Waals surface area contributed by atoms with Crippen molar-refractivity contribution < 1.29 is 22.7 Å². The molecule has 1 rings (SSSR count). The van der Waals surface area contributed by atoms with E-state index in [1.165, 1.54) is 0 Å². The molecule has 100 valence electrons. The van der Waals surface area contributed by atoms with Crippen LogP contribution in [0.1, 0.15) is 12.8 Å². The lowest BCUT2D eigenvalue weighted by Crippen LogP contribution is -2.39. The van der Waals surface area contributed by atoms with Gasteiger partial charge in [-0.2, -0.15) is 13.2 Å². The molecule has 1 aliphatic rings. The maximum atomic E-state index is 11.8. The Labute approximate surface area is 97.9 Å². The third-order valence-corrected chi connectivity index (χ3v) is 2.52. The van der Waals surface area contributed by atoms with Crippen molar-refractivity contribution in [2.45, 2.75) is 19.0 Å². The Hall–Kier alpha value is -0.820. The number of hydrogen-bond donors (Lipinski definition) is 2. The number of nitrogens with one attached hydrogen (secondary N) is 2. The van der Waals surface area contributed by atoms with E-state index in [9.17, 15) is 18.0 Å². The highest BCUT2D eigenvalue weighted by Gasteiger charge is 2.27. The summed E-state index contributed by atoms with van der Waals surface area (Å²) in [6.45, 7) is 0.778. The molecule has 17 heavy (non-hydrogen) atoms. The van der Waals surface area contributed by atoms with Crippen LogP contribution >= 0.6 is 0 Å². The van der Waals surface area contributed by atoms with E-state index in [1.54, 1.807) is 5.32 Å². The van der Waals surface area contributed by atoms with Crippen molar-refractivity contribution in [2.75, 3.05) is 32.8 Å². The van der Waals surface area contributed by atoms with Crippen LogP contribution in [0, 0.1) is 5.92 Å². The molecule has 7 heteroatoms. The molecule has 0 aromatic heterocycles. The molecule has 2 N–H and O–H groups in total. The minimum absolute atomic E-state index is 0.0797. The molecule has 1 atom stereocenters. The van der Waals surface area contributed by atoms with Crippen LogP contribution in [-0.4, -0.2) is 44.9 Å². The molecule has 1 amide bonds. The van der Waals surface area contributed by atoms with E-state index in [4.69, 9.17) is 4.74 Å². The van der Waals surface area contributed by atoms with Crippen LogP contribution in [-0.2, 0) is 9.53 Å². The first-order valence-corrected chi connectivity index (χ1v) is 5.59. The number of carbonyl (C=O) groups excluding carboxylic acids is 1. The molecular formula is C10H17F3N2O2. The zero-order valence-electron chi connectivity index (χ0n) is 9.48. The average Bonchev–Trinajstić information content (AvgIpc) is 2.73. The monoisotopic (exact) mass is 254 g/mol. The fourth-order valence-corrected chi connectivity index (χ4v) is 1.58. The minimum atomic E-state index is -4.35. The van der Waals surface area contributed by atoms with Crippen LogP contribution < -0.4 is 10.6 Å². The van der Waals surface area contributed by atoms with Crippen molar-refractivity contribution in [3.05, 3.63) is 0 Å². The summed E-state index contributed by atoms with van der Waals surface area (Å²) >= 11 is 0. The van der Waals surface area contributed by atoms with Gasteiger partial charge in [-0.05, 0) is 25.3 Å². The summed E-state index contributed by atoms with van der Waals surface area (Å²) in [4.78, 5) is 11.0. The summed E-state index contributed by atoms with van der Waals surface area (Å²) in [6, 6.07) is 0. The highest BCUT2D eigenvalue weighted by atomic mass is 19.4. The predicted octanol–water partition coefficient (Wildman–Crippen LogP) is 0.681. The number of halogens is 3. The molecule has 1 aliphatic heterocycles. The Balaban J connectivity index is 1.96. The van der Waals surface area contributed by atoms with E-state index in [2.05, 4.69) is 5.32 Å². The lowest BCUT2D eigenvalue weighted by Gasteiger charge is -2.10. The molecule has 1 saturated heterocycles. The van der Waals surface area contributed by atoms with Gasteiger partial charge in [-0.25, -0.2) is 0 Å². The third kappa shape index (κ3) is 7.17. The number of hydrogen-bond acceptors (Lipinski definition) is 3. The Morgan fingerprint density at radius 3 is 2.76 bits per heavy atom. The van der Waals surface area contributed by atoms with E-state index < -0.39 is 18.6 Å². The van der Waals surface area contributed by atoms with Gasteiger partial charge in [0.15, 0.2) is 0 Å². The van der Waals surface area contributed by atoms with Crippen LogP contribution in [0.2, 0.25) is 0 Å². The van der Waals surface area contributed by atoms with Gasteiger partial charge in [0.25, 0.3) is 0 Å². The molecule has 0 bridgehead atoms. The Kier molecular flexibility index (Phi) is 5.70. The first kappa shape index (κ1) is 14.2. The molecule has 1 unspecified atom stereocenters.